The summed E-state index contributed by atoms with van der Waals surface area (Å²) >= 11 is 0. The maximum Gasteiger partial charge on any atom is 0.308 e. The first-order valence-electron chi connectivity index (χ1n) is 6.21. The third kappa shape index (κ3) is 3.35. The van der Waals surface area contributed by atoms with Crippen molar-refractivity contribution in [2.75, 3.05) is 20.2 Å². The first kappa shape index (κ1) is 13.6. The Hall–Kier alpha value is -1.82. The first-order chi connectivity index (χ1) is 9.10. The highest BCUT2D eigenvalue weighted by Crippen LogP contribution is 2.20. The van der Waals surface area contributed by atoms with Crippen LogP contribution in [0.25, 0.3) is 0 Å². The lowest BCUT2D eigenvalue weighted by Crippen LogP contribution is -2.36. The van der Waals surface area contributed by atoms with E-state index in [0.717, 1.165) is 32.2 Å². The van der Waals surface area contributed by atoms with Gasteiger partial charge in [-0.05, 0) is 25.9 Å². The Morgan fingerprint density at radius 1 is 1.53 bits per heavy atom. The van der Waals surface area contributed by atoms with E-state index in [4.69, 9.17) is 14.3 Å². The van der Waals surface area contributed by atoms with Crippen LogP contribution in [0.5, 0.6) is 5.75 Å². The summed E-state index contributed by atoms with van der Waals surface area (Å²) in [4.78, 5) is 24.8. The molecule has 1 saturated heterocycles. The predicted molar refractivity (Wildman–Crippen MR) is 66.7 cm³/mol. The molecule has 2 rings (SSSR count). The lowest BCUT2D eigenvalue weighted by atomic mass is 9.97. The number of carbonyl (C=O) groups excluding carboxylic acids is 1. The molecule has 0 bridgehead atoms. The van der Waals surface area contributed by atoms with Crippen molar-refractivity contribution in [3.8, 4) is 5.75 Å². The number of rotatable bonds is 3. The molecule has 1 aliphatic heterocycles. The Morgan fingerprint density at radius 3 is 2.79 bits per heavy atom. The van der Waals surface area contributed by atoms with Crippen molar-refractivity contribution in [1.82, 2.24) is 4.90 Å². The quantitative estimate of drug-likeness (QED) is 0.813. The minimum absolute atomic E-state index is 0.0342. The average molecular weight is 267 g/mol. The molecule has 0 aliphatic carbocycles. The molecular formula is C13H17NO5. The number of hydrogen-bond donors (Lipinski definition) is 1. The fourth-order valence-electron chi connectivity index (χ4n) is 2.24. The van der Waals surface area contributed by atoms with E-state index in [1.54, 1.807) is 0 Å². The van der Waals surface area contributed by atoms with Gasteiger partial charge in [0.05, 0.1) is 19.6 Å². The normalized spacial score (nSPS) is 17.3. The average Bonchev–Trinajstić information content (AvgIpc) is 2.43. The number of likely N-dealkylation sites (tertiary alicyclic amines) is 1. The van der Waals surface area contributed by atoms with Crippen LogP contribution in [0.2, 0.25) is 0 Å². The van der Waals surface area contributed by atoms with E-state index in [9.17, 15) is 9.59 Å². The molecular weight excluding hydrogens is 250 g/mol. The van der Waals surface area contributed by atoms with Crippen molar-refractivity contribution < 1.29 is 19.1 Å². The van der Waals surface area contributed by atoms with Crippen LogP contribution in [-0.2, 0) is 16.1 Å². The van der Waals surface area contributed by atoms with Gasteiger partial charge in [-0.15, -0.1) is 0 Å². The van der Waals surface area contributed by atoms with Gasteiger partial charge < -0.3 is 14.3 Å². The summed E-state index contributed by atoms with van der Waals surface area (Å²) in [5, 5.41) is 9.10. The van der Waals surface area contributed by atoms with Gasteiger partial charge in [0.2, 0.25) is 5.43 Å². The SMILES string of the molecule is COC(=O)C1CCN(Cc2cc(=O)c(O)co2)CC1. The van der Waals surface area contributed by atoms with Gasteiger partial charge in [-0.25, -0.2) is 0 Å². The summed E-state index contributed by atoms with van der Waals surface area (Å²) in [6.45, 7) is 2.01. The summed E-state index contributed by atoms with van der Waals surface area (Å²) in [6, 6.07) is 1.29. The third-order valence-corrected chi connectivity index (χ3v) is 3.37. The van der Waals surface area contributed by atoms with Gasteiger partial charge in [-0.3, -0.25) is 14.5 Å². The van der Waals surface area contributed by atoms with Crippen molar-refractivity contribution >= 4 is 5.97 Å². The summed E-state index contributed by atoms with van der Waals surface area (Å²) in [5.74, 6) is -0.0589. The standard InChI is InChI=1S/C13H17NO5/c1-18-13(17)9-2-4-14(5-3-9)7-10-6-11(15)12(16)8-19-10/h6,8-9,16H,2-5,7H2,1H3. The molecule has 0 aromatic carbocycles. The Bertz CT molecular complexity index is 502. The van der Waals surface area contributed by atoms with Gasteiger partial charge >= 0.3 is 5.97 Å². The number of hydrogen-bond acceptors (Lipinski definition) is 6. The zero-order chi connectivity index (χ0) is 13.8. The smallest absolute Gasteiger partial charge is 0.308 e. The Morgan fingerprint density at radius 2 is 2.21 bits per heavy atom. The predicted octanol–water partition coefficient (Wildman–Crippen LogP) is 0.730. The molecule has 104 valence electrons. The molecule has 0 saturated carbocycles. The van der Waals surface area contributed by atoms with Crippen molar-refractivity contribution in [1.29, 1.82) is 0 Å². The van der Waals surface area contributed by atoms with Gasteiger partial charge in [0.15, 0.2) is 5.75 Å². The Balaban J connectivity index is 1.90. The van der Waals surface area contributed by atoms with Crippen LogP contribution in [0, 0.1) is 5.92 Å². The molecule has 19 heavy (non-hydrogen) atoms. The maximum atomic E-state index is 11.4. The fourth-order valence-corrected chi connectivity index (χ4v) is 2.24. The summed E-state index contributed by atoms with van der Waals surface area (Å²) < 4.78 is 9.88. The Kier molecular flexibility index (Phi) is 4.21. The molecule has 0 spiro atoms. The second-order valence-corrected chi connectivity index (χ2v) is 4.67. The van der Waals surface area contributed by atoms with E-state index < -0.39 is 5.43 Å². The summed E-state index contributed by atoms with van der Waals surface area (Å²) in [6.07, 6.45) is 2.54. The first-order valence-corrected chi connectivity index (χ1v) is 6.21. The molecule has 6 nitrogen and oxygen atoms in total. The molecule has 1 aromatic rings. The number of methoxy groups -OCH3 is 1. The number of ether oxygens (including phenoxy) is 1. The highest BCUT2D eigenvalue weighted by Gasteiger charge is 2.25. The van der Waals surface area contributed by atoms with E-state index in [1.165, 1.54) is 13.2 Å². The third-order valence-electron chi connectivity index (χ3n) is 3.37. The largest absolute Gasteiger partial charge is 0.502 e. The molecule has 1 fully saturated rings. The number of esters is 1. The molecule has 2 heterocycles. The molecule has 1 aliphatic rings. The lowest BCUT2D eigenvalue weighted by Gasteiger charge is -2.29. The zero-order valence-corrected chi connectivity index (χ0v) is 10.8. The van der Waals surface area contributed by atoms with E-state index in [0.29, 0.717) is 12.3 Å². The van der Waals surface area contributed by atoms with E-state index in [-0.39, 0.29) is 17.6 Å². The molecule has 0 amide bonds. The van der Waals surface area contributed by atoms with Crippen LogP contribution in [0.1, 0.15) is 18.6 Å². The molecule has 0 unspecified atom stereocenters. The van der Waals surface area contributed by atoms with Gasteiger partial charge in [-0.1, -0.05) is 0 Å². The lowest BCUT2D eigenvalue weighted by molar-refractivity contribution is -0.147. The highest BCUT2D eigenvalue weighted by molar-refractivity contribution is 5.72. The van der Waals surface area contributed by atoms with Crippen molar-refractivity contribution in [3.63, 3.8) is 0 Å². The second kappa shape index (κ2) is 5.88. The summed E-state index contributed by atoms with van der Waals surface area (Å²) in [5.41, 5.74) is -0.439. The number of nitrogens with zero attached hydrogens (tertiary/aromatic N) is 1. The van der Waals surface area contributed by atoms with Crippen LogP contribution >= 0.6 is 0 Å². The molecule has 0 radical (unpaired) electrons. The van der Waals surface area contributed by atoms with Crippen LogP contribution < -0.4 is 5.43 Å². The minimum atomic E-state index is -0.439. The monoisotopic (exact) mass is 267 g/mol. The number of carbonyl (C=O) groups is 1. The number of piperidine rings is 1. The fraction of sp³-hybridized carbons (Fsp3) is 0.538. The second-order valence-electron chi connectivity index (χ2n) is 4.67. The minimum Gasteiger partial charge on any atom is -0.502 e. The zero-order valence-electron chi connectivity index (χ0n) is 10.8. The summed E-state index contributed by atoms with van der Waals surface area (Å²) in [7, 11) is 1.40. The van der Waals surface area contributed by atoms with Crippen molar-refractivity contribution in [2.45, 2.75) is 19.4 Å². The highest BCUT2D eigenvalue weighted by atomic mass is 16.5. The topological polar surface area (TPSA) is 80.0 Å². The van der Waals surface area contributed by atoms with Crippen molar-refractivity contribution in [2.24, 2.45) is 5.92 Å². The van der Waals surface area contributed by atoms with Crippen molar-refractivity contribution in [3.05, 3.63) is 28.3 Å². The van der Waals surface area contributed by atoms with Crippen LogP contribution in [-0.4, -0.2) is 36.2 Å². The van der Waals surface area contributed by atoms with Crippen LogP contribution in [0.15, 0.2) is 21.5 Å². The maximum absolute atomic E-state index is 11.4. The van der Waals surface area contributed by atoms with Gasteiger partial charge in [0.1, 0.15) is 12.0 Å². The van der Waals surface area contributed by atoms with Crippen LogP contribution in [0.4, 0.5) is 0 Å². The van der Waals surface area contributed by atoms with E-state index >= 15 is 0 Å². The molecule has 1 aromatic heterocycles. The van der Waals surface area contributed by atoms with Gasteiger partial charge in [0, 0.05) is 6.07 Å². The number of aromatic hydroxyl groups is 1. The van der Waals surface area contributed by atoms with Gasteiger partial charge in [0.25, 0.3) is 0 Å². The van der Waals surface area contributed by atoms with E-state index in [2.05, 4.69) is 4.90 Å². The van der Waals surface area contributed by atoms with E-state index in [1.807, 2.05) is 0 Å². The molecule has 6 heteroatoms. The Labute approximate surface area is 110 Å². The molecule has 1 N–H and O–H groups in total. The molecule has 0 atom stereocenters. The van der Waals surface area contributed by atoms with Gasteiger partial charge in [-0.2, -0.15) is 0 Å². The van der Waals surface area contributed by atoms with Crippen LogP contribution in [0.3, 0.4) is 0 Å².